The van der Waals surface area contributed by atoms with Gasteiger partial charge >= 0.3 is 11.9 Å². The van der Waals surface area contributed by atoms with Gasteiger partial charge in [-0.05, 0) is 12.1 Å². The van der Waals surface area contributed by atoms with Crippen molar-refractivity contribution in [1.82, 2.24) is 9.97 Å². The van der Waals surface area contributed by atoms with Crippen LogP contribution in [0, 0.1) is 0 Å². The molecule has 0 saturated heterocycles. The van der Waals surface area contributed by atoms with E-state index in [9.17, 15) is 14.4 Å². The molecule has 2 rings (SSSR count). The van der Waals surface area contributed by atoms with Crippen LogP contribution in [0.15, 0.2) is 42.9 Å². The minimum absolute atomic E-state index is 0.0160. The zero-order valence-electron chi connectivity index (χ0n) is 11.6. The van der Waals surface area contributed by atoms with Gasteiger partial charge in [-0.1, -0.05) is 12.1 Å². The molecule has 1 amide bonds. The lowest BCUT2D eigenvalue weighted by atomic mass is 10.2. The summed E-state index contributed by atoms with van der Waals surface area (Å²) in [6.45, 7) is 1.22. The number of rotatable bonds is 3. The zero-order valence-corrected chi connectivity index (χ0v) is 11.6. The minimum Gasteiger partial charge on any atom is -0.478 e. The maximum atomic E-state index is 10.6. The van der Waals surface area contributed by atoms with Crippen LogP contribution in [-0.4, -0.2) is 32.9 Å². The number of hydrogen-bond donors (Lipinski definition) is 2. The van der Waals surface area contributed by atoms with Crippen molar-refractivity contribution in [2.24, 2.45) is 5.73 Å². The molecule has 0 bridgehead atoms. The van der Waals surface area contributed by atoms with E-state index in [1.807, 2.05) is 0 Å². The first-order valence-electron chi connectivity index (χ1n) is 5.98. The van der Waals surface area contributed by atoms with E-state index in [-0.39, 0.29) is 17.0 Å². The number of aromatic nitrogens is 2. The number of hydrogen-bond acceptors (Lipinski definition) is 6. The Hall–Kier alpha value is -3.29. The number of primary amides is 1. The number of ether oxygens (including phenoxy) is 1. The lowest BCUT2D eigenvalue weighted by molar-refractivity contribution is -0.131. The van der Waals surface area contributed by atoms with Crippen molar-refractivity contribution in [3.63, 3.8) is 0 Å². The van der Waals surface area contributed by atoms with E-state index in [0.29, 0.717) is 0 Å². The molecular weight excluding hydrogens is 290 g/mol. The lowest BCUT2D eigenvalue weighted by Gasteiger charge is -2.03. The van der Waals surface area contributed by atoms with Crippen LogP contribution in [0.1, 0.15) is 27.8 Å². The Kier molecular flexibility index (Phi) is 6.17. The summed E-state index contributed by atoms with van der Waals surface area (Å²) < 4.78 is 4.69. The quantitative estimate of drug-likeness (QED) is 0.635. The Morgan fingerprint density at radius 3 is 2.32 bits per heavy atom. The van der Waals surface area contributed by atoms with E-state index in [1.165, 1.54) is 37.6 Å². The number of nitrogens with zero attached hydrogens (tertiary/aromatic N) is 2. The van der Waals surface area contributed by atoms with Gasteiger partial charge in [0.1, 0.15) is 17.0 Å². The number of esters is 1. The Labute approximate surface area is 125 Å². The van der Waals surface area contributed by atoms with E-state index in [2.05, 4.69) is 14.7 Å². The summed E-state index contributed by atoms with van der Waals surface area (Å²) in [4.78, 5) is 38.8. The number of nitrogens with two attached hydrogens (primary N) is 1. The SMILES string of the molecule is CC(=O)Oc1ccccc1C(=O)O.NC(=O)c1cnccn1. The number of carboxylic acid groups (broad SMARTS) is 1. The molecule has 1 heterocycles. The summed E-state index contributed by atoms with van der Waals surface area (Å²) in [5.74, 6) is -2.13. The minimum atomic E-state index is -1.11. The first-order valence-corrected chi connectivity index (χ1v) is 5.98. The first kappa shape index (κ1) is 16.8. The smallest absolute Gasteiger partial charge is 0.339 e. The van der Waals surface area contributed by atoms with Crippen molar-refractivity contribution in [3.8, 4) is 5.75 Å². The van der Waals surface area contributed by atoms with Crippen LogP contribution < -0.4 is 10.5 Å². The largest absolute Gasteiger partial charge is 0.478 e. The topological polar surface area (TPSA) is 132 Å². The second kappa shape index (κ2) is 8.10. The summed E-state index contributed by atoms with van der Waals surface area (Å²) in [6.07, 6.45) is 4.22. The van der Waals surface area contributed by atoms with Crippen LogP contribution in [0.2, 0.25) is 0 Å². The van der Waals surface area contributed by atoms with Crippen LogP contribution in [0.4, 0.5) is 0 Å². The summed E-state index contributed by atoms with van der Waals surface area (Å²) in [5, 5.41) is 8.69. The van der Waals surface area contributed by atoms with Gasteiger partial charge in [-0.3, -0.25) is 14.6 Å². The Balaban J connectivity index is 0.000000235. The number of amides is 1. The van der Waals surface area contributed by atoms with E-state index < -0.39 is 17.8 Å². The van der Waals surface area contributed by atoms with E-state index in [0.717, 1.165) is 0 Å². The highest BCUT2D eigenvalue weighted by molar-refractivity contribution is 5.91. The fourth-order valence-corrected chi connectivity index (χ4v) is 1.31. The predicted octanol–water partition coefficient (Wildman–Crippen LogP) is 0.886. The van der Waals surface area contributed by atoms with Crippen molar-refractivity contribution < 1.29 is 24.2 Å². The molecule has 1 aromatic carbocycles. The van der Waals surface area contributed by atoms with E-state index in [4.69, 9.17) is 10.8 Å². The molecule has 0 atom stereocenters. The third-order valence-corrected chi connectivity index (χ3v) is 2.19. The fraction of sp³-hybridized carbons (Fsp3) is 0.0714. The van der Waals surface area contributed by atoms with Crippen LogP contribution in [0.25, 0.3) is 0 Å². The molecule has 8 heteroatoms. The number of carboxylic acids is 1. The molecule has 8 nitrogen and oxygen atoms in total. The van der Waals surface area contributed by atoms with Crippen molar-refractivity contribution in [2.75, 3.05) is 0 Å². The fourth-order valence-electron chi connectivity index (χ4n) is 1.31. The van der Waals surface area contributed by atoms with Crippen LogP contribution in [0.3, 0.4) is 0 Å². The second-order valence-corrected chi connectivity index (χ2v) is 3.85. The van der Waals surface area contributed by atoms with Crippen LogP contribution >= 0.6 is 0 Å². The van der Waals surface area contributed by atoms with Crippen LogP contribution in [0.5, 0.6) is 5.75 Å². The molecule has 0 aliphatic carbocycles. The van der Waals surface area contributed by atoms with Gasteiger partial charge in [0.05, 0.1) is 6.20 Å². The first-order chi connectivity index (χ1) is 10.4. The third-order valence-electron chi connectivity index (χ3n) is 2.19. The molecule has 0 radical (unpaired) electrons. The highest BCUT2D eigenvalue weighted by Gasteiger charge is 2.10. The van der Waals surface area contributed by atoms with Gasteiger partial charge in [-0.25, -0.2) is 9.78 Å². The molecular formula is C14H13N3O5. The third kappa shape index (κ3) is 5.37. The molecule has 0 aliphatic heterocycles. The second-order valence-electron chi connectivity index (χ2n) is 3.85. The monoisotopic (exact) mass is 303 g/mol. The molecule has 1 aromatic heterocycles. The number of aromatic carboxylic acids is 1. The van der Waals surface area contributed by atoms with Crippen LogP contribution in [-0.2, 0) is 4.79 Å². The average Bonchev–Trinajstić information content (AvgIpc) is 2.48. The number of carbonyl (C=O) groups excluding carboxylic acids is 2. The summed E-state index contributed by atoms with van der Waals surface area (Å²) in [6, 6.07) is 5.98. The molecule has 2 aromatic rings. The summed E-state index contributed by atoms with van der Waals surface area (Å²) >= 11 is 0. The van der Waals surface area contributed by atoms with Gasteiger partial charge in [0.15, 0.2) is 0 Å². The highest BCUT2D eigenvalue weighted by atomic mass is 16.5. The van der Waals surface area contributed by atoms with Crippen molar-refractivity contribution in [3.05, 3.63) is 54.1 Å². The molecule has 0 aliphatic rings. The Bertz CT molecular complexity index is 673. The Morgan fingerprint density at radius 2 is 1.86 bits per heavy atom. The molecule has 114 valence electrons. The molecule has 22 heavy (non-hydrogen) atoms. The van der Waals surface area contributed by atoms with Gasteiger partial charge in [0, 0.05) is 19.3 Å². The van der Waals surface area contributed by atoms with E-state index >= 15 is 0 Å². The lowest BCUT2D eigenvalue weighted by Crippen LogP contribution is -2.12. The predicted molar refractivity (Wildman–Crippen MR) is 75.3 cm³/mol. The van der Waals surface area contributed by atoms with Gasteiger partial charge in [-0.2, -0.15) is 0 Å². The van der Waals surface area contributed by atoms with Gasteiger partial charge < -0.3 is 15.6 Å². The normalized spacial score (nSPS) is 9.14. The number of carbonyl (C=O) groups is 3. The maximum Gasteiger partial charge on any atom is 0.339 e. The molecule has 0 saturated carbocycles. The van der Waals surface area contributed by atoms with Crippen molar-refractivity contribution in [2.45, 2.75) is 6.92 Å². The van der Waals surface area contributed by atoms with Gasteiger partial charge in [0.2, 0.25) is 0 Å². The Morgan fingerprint density at radius 1 is 1.18 bits per heavy atom. The highest BCUT2D eigenvalue weighted by Crippen LogP contribution is 2.17. The van der Waals surface area contributed by atoms with Gasteiger partial charge in [0.25, 0.3) is 5.91 Å². The molecule has 0 fully saturated rings. The average molecular weight is 303 g/mol. The molecule has 3 N–H and O–H groups in total. The van der Waals surface area contributed by atoms with Gasteiger partial charge in [-0.15, -0.1) is 0 Å². The van der Waals surface area contributed by atoms with Crippen molar-refractivity contribution in [1.29, 1.82) is 0 Å². The number of para-hydroxylation sites is 1. The maximum absolute atomic E-state index is 10.6. The standard InChI is InChI=1S/C9H8O4.C5H5N3O/c1-6(10)13-8-5-3-2-4-7(8)9(11)12;6-5(9)4-3-7-1-2-8-4/h2-5H,1H3,(H,11,12);1-3H,(H2,6,9). The zero-order chi connectivity index (χ0) is 16.5. The molecule has 0 spiro atoms. The molecule has 0 unspecified atom stereocenters. The summed E-state index contributed by atoms with van der Waals surface area (Å²) in [5.41, 5.74) is 5.05. The summed E-state index contributed by atoms with van der Waals surface area (Å²) in [7, 11) is 0. The van der Waals surface area contributed by atoms with Crippen molar-refractivity contribution >= 4 is 17.8 Å². The number of benzene rings is 1. The van der Waals surface area contributed by atoms with E-state index in [1.54, 1.807) is 12.1 Å².